The van der Waals surface area contributed by atoms with Crippen LogP contribution in [0.3, 0.4) is 0 Å². The minimum absolute atomic E-state index is 0.00844. The minimum atomic E-state index is -0.453. The number of hydrogen-bond donors (Lipinski definition) is 2. The molecule has 3 amide bonds. The SMILES string of the molecule is CCN1C(=O)CC(NCCC(=O)NC2CC2)C1=O. The molecule has 0 bridgehead atoms. The fourth-order valence-corrected chi connectivity index (χ4v) is 2.06. The number of amides is 3. The van der Waals surface area contributed by atoms with Gasteiger partial charge in [-0.1, -0.05) is 0 Å². The Morgan fingerprint density at radius 2 is 2.11 bits per heavy atom. The van der Waals surface area contributed by atoms with Crippen molar-refractivity contribution in [3.63, 3.8) is 0 Å². The molecule has 2 aliphatic rings. The normalized spacial score (nSPS) is 23.6. The van der Waals surface area contributed by atoms with E-state index in [0.29, 0.717) is 25.6 Å². The van der Waals surface area contributed by atoms with Gasteiger partial charge in [-0.2, -0.15) is 0 Å². The van der Waals surface area contributed by atoms with Crippen LogP contribution in [0.1, 0.15) is 32.6 Å². The van der Waals surface area contributed by atoms with E-state index in [1.54, 1.807) is 6.92 Å². The molecule has 2 N–H and O–H groups in total. The van der Waals surface area contributed by atoms with Gasteiger partial charge in [0.15, 0.2) is 0 Å². The minimum Gasteiger partial charge on any atom is -0.353 e. The molecule has 1 aliphatic heterocycles. The highest BCUT2D eigenvalue weighted by Crippen LogP contribution is 2.18. The van der Waals surface area contributed by atoms with E-state index < -0.39 is 6.04 Å². The third-order valence-electron chi connectivity index (χ3n) is 3.25. The van der Waals surface area contributed by atoms with Gasteiger partial charge < -0.3 is 10.6 Å². The largest absolute Gasteiger partial charge is 0.353 e. The van der Waals surface area contributed by atoms with E-state index >= 15 is 0 Å². The highest BCUT2D eigenvalue weighted by Gasteiger charge is 2.37. The first kappa shape index (κ1) is 13.0. The topological polar surface area (TPSA) is 78.5 Å². The molecule has 0 aromatic carbocycles. The Bertz CT molecular complexity index is 366. The van der Waals surface area contributed by atoms with Crippen LogP contribution in [0.15, 0.2) is 0 Å². The van der Waals surface area contributed by atoms with Crippen molar-refractivity contribution >= 4 is 17.7 Å². The molecule has 0 spiro atoms. The van der Waals surface area contributed by atoms with Crippen LogP contribution in [0.25, 0.3) is 0 Å². The summed E-state index contributed by atoms with van der Waals surface area (Å²) in [5.74, 6) is -0.304. The summed E-state index contributed by atoms with van der Waals surface area (Å²) in [5.41, 5.74) is 0. The first-order valence-electron chi connectivity index (χ1n) is 6.48. The van der Waals surface area contributed by atoms with Gasteiger partial charge in [0.1, 0.15) is 0 Å². The van der Waals surface area contributed by atoms with Gasteiger partial charge in [-0.05, 0) is 19.8 Å². The fraction of sp³-hybridized carbons (Fsp3) is 0.750. The first-order valence-corrected chi connectivity index (χ1v) is 6.48. The van der Waals surface area contributed by atoms with Crippen LogP contribution in [-0.2, 0) is 14.4 Å². The lowest BCUT2D eigenvalue weighted by molar-refractivity contribution is -0.138. The number of carbonyl (C=O) groups excluding carboxylic acids is 3. The molecule has 2 fully saturated rings. The molecular weight excluding hydrogens is 234 g/mol. The van der Waals surface area contributed by atoms with Gasteiger partial charge in [0.05, 0.1) is 12.5 Å². The molecule has 1 aliphatic carbocycles. The maximum Gasteiger partial charge on any atom is 0.246 e. The molecule has 2 rings (SSSR count). The third kappa shape index (κ3) is 3.07. The van der Waals surface area contributed by atoms with Crippen LogP contribution >= 0.6 is 0 Å². The molecule has 18 heavy (non-hydrogen) atoms. The Labute approximate surface area is 106 Å². The standard InChI is InChI=1S/C12H19N3O3/c1-2-15-11(17)7-9(12(15)18)13-6-5-10(16)14-8-3-4-8/h8-9,13H,2-7H2,1H3,(H,14,16). The maximum absolute atomic E-state index is 11.8. The number of nitrogens with one attached hydrogen (secondary N) is 2. The maximum atomic E-state index is 11.8. The average molecular weight is 253 g/mol. The van der Waals surface area contributed by atoms with Crippen LogP contribution in [0.5, 0.6) is 0 Å². The van der Waals surface area contributed by atoms with Gasteiger partial charge in [-0.25, -0.2) is 0 Å². The molecule has 0 radical (unpaired) electrons. The summed E-state index contributed by atoms with van der Waals surface area (Å²) < 4.78 is 0. The lowest BCUT2D eigenvalue weighted by Crippen LogP contribution is -2.40. The summed E-state index contributed by atoms with van der Waals surface area (Å²) in [6, 6.07) is -0.0889. The number of hydrogen-bond acceptors (Lipinski definition) is 4. The van der Waals surface area contributed by atoms with Crippen LogP contribution in [-0.4, -0.2) is 47.8 Å². The van der Waals surface area contributed by atoms with Gasteiger partial charge in [-0.15, -0.1) is 0 Å². The Hall–Kier alpha value is -1.43. The number of imide groups is 1. The van der Waals surface area contributed by atoms with Gasteiger partial charge in [0.2, 0.25) is 17.7 Å². The molecular formula is C12H19N3O3. The van der Waals surface area contributed by atoms with Crippen molar-refractivity contribution in [1.82, 2.24) is 15.5 Å². The average Bonchev–Trinajstić information content (AvgIpc) is 3.07. The number of carbonyl (C=O) groups is 3. The Balaban J connectivity index is 1.68. The second-order valence-electron chi connectivity index (χ2n) is 4.78. The zero-order valence-corrected chi connectivity index (χ0v) is 10.6. The fourth-order valence-electron chi connectivity index (χ4n) is 2.06. The van der Waals surface area contributed by atoms with Gasteiger partial charge in [-0.3, -0.25) is 19.3 Å². The molecule has 0 aromatic heterocycles. The van der Waals surface area contributed by atoms with E-state index in [1.165, 1.54) is 4.90 Å². The first-order chi connectivity index (χ1) is 8.61. The predicted octanol–water partition coefficient (Wildman–Crippen LogP) is -0.608. The quantitative estimate of drug-likeness (QED) is 0.619. The number of likely N-dealkylation sites (N-methyl/N-ethyl adjacent to an activating group) is 1. The molecule has 1 heterocycles. The van der Waals surface area contributed by atoms with Crippen LogP contribution in [0.2, 0.25) is 0 Å². The van der Waals surface area contributed by atoms with Crippen LogP contribution in [0, 0.1) is 0 Å². The summed E-state index contributed by atoms with van der Waals surface area (Å²) >= 11 is 0. The Kier molecular flexibility index (Phi) is 3.96. The van der Waals surface area contributed by atoms with Crippen molar-refractivity contribution in [3.8, 4) is 0 Å². The number of likely N-dealkylation sites (tertiary alicyclic amines) is 1. The second-order valence-corrected chi connectivity index (χ2v) is 4.78. The van der Waals surface area contributed by atoms with Crippen molar-refractivity contribution < 1.29 is 14.4 Å². The van der Waals surface area contributed by atoms with Crippen molar-refractivity contribution in [2.45, 2.75) is 44.7 Å². The van der Waals surface area contributed by atoms with Crippen molar-refractivity contribution in [2.75, 3.05) is 13.1 Å². The molecule has 1 saturated carbocycles. The van der Waals surface area contributed by atoms with E-state index in [0.717, 1.165) is 12.8 Å². The lowest BCUT2D eigenvalue weighted by Gasteiger charge is -2.12. The summed E-state index contributed by atoms with van der Waals surface area (Å²) in [6.45, 7) is 2.62. The number of nitrogens with zero attached hydrogens (tertiary/aromatic N) is 1. The molecule has 6 nitrogen and oxygen atoms in total. The van der Waals surface area contributed by atoms with E-state index in [-0.39, 0.29) is 24.1 Å². The zero-order valence-electron chi connectivity index (χ0n) is 10.6. The van der Waals surface area contributed by atoms with Crippen LogP contribution < -0.4 is 10.6 Å². The zero-order chi connectivity index (χ0) is 13.1. The molecule has 1 atom stereocenters. The van der Waals surface area contributed by atoms with Gasteiger partial charge >= 0.3 is 0 Å². The van der Waals surface area contributed by atoms with Crippen LogP contribution in [0.4, 0.5) is 0 Å². The molecule has 1 unspecified atom stereocenters. The van der Waals surface area contributed by atoms with E-state index in [9.17, 15) is 14.4 Å². The van der Waals surface area contributed by atoms with Crippen molar-refractivity contribution in [1.29, 1.82) is 0 Å². The summed E-state index contributed by atoms with van der Waals surface area (Å²) in [4.78, 5) is 35.9. The molecule has 6 heteroatoms. The summed E-state index contributed by atoms with van der Waals surface area (Å²) in [7, 11) is 0. The molecule has 1 saturated heterocycles. The highest BCUT2D eigenvalue weighted by molar-refractivity contribution is 6.05. The Morgan fingerprint density at radius 1 is 1.39 bits per heavy atom. The van der Waals surface area contributed by atoms with Crippen molar-refractivity contribution in [3.05, 3.63) is 0 Å². The number of rotatable bonds is 6. The summed E-state index contributed by atoms with van der Waals surface area (Å²) in [5, 5.41) is 5.86. The predicted molar refractivity (Wildman–Crippen MR) is 64.6 cm³/mol. The smallest absolute Gasteiger partial charge is 0.246 e. The molecule has 0 aromatic rings. The summed E-state index contributed by atoms with van der Waals surface area (Å²) in [6.07, 6.45) is 2.69. The third-order valence-corrected chi connectivity index (χ3v) is 3.25. The van der Waals surface area contributed by atoms with Gasteiger partial charge in [0.25, 0.3) is 0 Å². The Morgan fingerprint density at radius 3 is 2.67 bits per heavy atom. The van der Waals surface area contributed by atoms with Gasteiger partial charge in [0, 0.05) is 25.6 Å². The monoisotopic (exact) mass is 253 g/mol. The highest BCUT2D eigenvalue weighted by atomic mass is 16.2. The van der Waals surface area contributed by atoms with E-state index in [4.69, 9.17) is 0 Å². The second kappa shape index (κ2) is 5.48. The van der Waals surface area contributed by atoms with Crippen molar-refractivity contribution in [2.24, 2.45) is 0 Å². The molecule has 100 valence electrons. The van der Waals surface area contributed by atoms with E-state index in [2.05, 4.69) is 10.6 Å². The lowest BCUT2D eigenvalue weighted by atomic mass is 10.2. The van der Waals surface area contributed by atoms with E-state index in [1.807, 2.05) is 0 Å².